The molecule has 0 bridgehead atoms. The number of carbonyl (C=O) groups is 2. The minimum absolute atomic E-state index is 0.0146. The minimum atomic E-state index is -4.87. The summed E-state index contributed by atoms with van der Waals surface area (Å²) in [6.07, 6.45) is -1.81. The lowest BCUT2D eigenvalue weighted by molar-refractivity contribution is -0.141. The summed E-state index contributed by atoms with van der Waals surface area (Å²) in [6, 6.07) is 19.0. The largest absolute Gasteiger partial charge is 0.435 e. The van der Waals surface area contributed by atoms with E-state index in [-0.39, 0.29) is 27.1 Å². The van der Waals surface area contributed by atoms with Crippen LogP contribution in [-0.4, -0.2) is 31.6 Å². The number of aromatic amines is 1. The maximum Gasteiger partial charge on any atom is 0.435 e. The highest BCUT2D eigenvalue weighted by Gasteiger charge is 2.37. The van der Waals surface area contributed by atoms with Gasteiger partial charge in [-0.3, -0.25) is 9.59 Å². The summed E-state index contributed by atoms with van der Waals surface area (Å²) in [5.41, 5.74) is -0.634. The molecule has 2 amide bonds. The van der Waals surface area contributed by atoms with Gasteiger partial charge in [0.2, 0.25) is 0 Å². The first-order chi connectivity index (χ1) is 20.1. The lowest BCUT2D eigenvalue weighted by Crippen LogP contribution is -2.21. The van der Waals surface area contributed by atoms with Crippen molar-refractivity contribution < 1.29 is 22.8 Å². The summed E-state index contributed by atoms with van der Waals surface area (Å²) in [5.74, 6) is -1.83. The quantitative estimate of drug-likeness (QED) is 0.186. The first kappa shape index (κ1) is 27.3. The Morgan fingerprint density at radius 1 is 0.881 bits per heavy atom. The molecule has 0 unspecified atom stereocenters. The third-order valence-corrected chi connectivity index (χ3v) is 7.14. The molecule has 3 heterocycles. The molecule has 8 nitrogen and oxygen atoms in total. The Kier molecular flexibility index (Phi) is 6.83. The van der Waals surface area contributed by atoms with Crippen molar-refractivity contribution in [2.75, 3.05) is 10.6 Å². The highest BCUT2D eigenvalue weighted by molar-refractivity contribution is 6.40. The topological polar surface area (TPSA) is 105 Å². The number of H-pyrrole nitrogens is 1. The van der Waals surface area contributed by atoms with E-state index in [1.165, 1.54) is 24.4 Å². The van der Waals surface area contributed by atoms with E-state index in [0.29, 0.717) is 27.2 Å². The minimum Gasteiger partial charge on any atom is -0.361 e. The Labute approximate surface area is 245 Å². The lowest BCUT2D eigenvalue weighted by Gasteiger charge is -2.16. The van der Waals surface area contributed by atoms with Crippen LogP contribution in [0.3, 0.4) is 0 Å². The van der Waals surface area contributed by atoms with Gasteiger partial charge >= 0.3 is 6.18 Å². The predicted molar refractivity (Wildman–Crippen MR) is 155 cm³/mol. The van der Waals surface area contributed by atoms with Gasteiger partial charge in [0.25, 0.3) is 11.8 Å². The molecule has 0 radical (unpaired) electrons. The summed E-state index contributed by atoms with van der Waals surface area (Å²) in [5, 5.41) is 10.8. The zero-order valence-electron chi connectivity index (χ0n) is 21.1. The van der Waals surface area contributed by atoms with Crippen LogP contribution in [0.5, 0.6) is 0 Å². The number of carbonyl (C=O) groups excluding carboxylic acids is 2. The second-order valence-electron chi connectivity index (χ2n) is 9.16. The van der Waals surface area contributed by atoms with Crippen LogP contribution >= 0.6 is 23.2 Å². The first-order valence-corrected chi connectivity index (χ1v) is 13.0. The number of hydrogen-bond acceptors (Lipinski definition) is 4. The summed E-state index contributed by atoms with van der Waals surface area (Å²) in [6.45, 7) is 0. The van der Waals surface area contributed by atoms with Crippen LogP contribution in [0.2, 0.25) is 10.0 Å². The first-order valence-electron chi connectivity index (χ1n) is 12.3. The Morgan fingerprint density at radius 3 is 2.48 bits per heavy atom. The molecule has 6 rings (SSSR count). The van der Waals surface area contributed by atoms with Crippen molar-refractivity contribution in [2.45, 2.75) is 6.18 Å². The number of hydrogen-bond donors (Lipinski definition) is 3. The number of alkyl halides is 3. The predicted octanol–water partition coefficient (Wildman–Crippen LogP) is 7.73. The molecular weight excluding hydrogens is 592 g/mol. The third kappa shape index (κ3) is 5.04. The fraction of sp³-hybridized carbons (Fsp3) is 0.0345. The van der Waals surface area contributed by atoms with E-state index in [4.69, 9.17) is 23.2 Å². The standard InChI is InChI=1S/C29H17Cl2F3N6O2/c30-20-6-3-10-36-26(20)40-22(14-23(39-40)29(32,33)34)28(42)38-25-19(13-15-4-1-2-5-18(15)24(25)31)27(41)37-17-7-8-21-16(12-17)9-11-35-21/h1-14,35H,(H,37,41)(H,38,42). The van der Waals surface area contributed by atoms with Gasteiger partial charge in [0, 0.05) is 40.4 Å². The van der Waals surface area contributed by atoms with E-state index >= 15 is 0 Å². The molecule has 3 N–H and O–H groups in total. The number of nitrogens with zero attached hydrogens (tertiary/aromatic N) is 3. The number of benzene rings is 3. The summed E-state index contributed by atoms with van der Waals surface area (Å²) in [4.78, 5) is 34.2. The fourth-order valence-electron chi connectivity index (χ4n) is 4.49. The molecule has 0 aliphatic carbocycles. The fourth-order valence-corrected chi connectivity index (χ4v) is 5.01. The molecule has 0 aliphatic heterocycles. The van der Waals surface area contributed by atoms with Gasteiger partial charge in [0.1, 0.15) is 5.69 Å². The summed E-state index contributed by atoms with van der Waals surface area (Å²) >= 11 is 12.9. The van der Waals surface area contributed by atoms with Gasteiger partial charge in [-0.25, -0.2) is 9.67 Å². The molecule has 42 heavy (non-hydrogen) atoms. The SMILES string of the molecule is O=C(Nc1ccc2[nH]ccc2c1)c1cc2ccccc2c(Cl)c1NC(=O)c1cc(C(F)(F)F)nn1-c1ncccc1Cl. The van der Waals surface area contributed by atoms with Gasteiger partial charge in [-0.2, -0.15) is 18.3 Å². The monoisotopic (exact) mass is 608 g/mol. The van der Waals surface area contributed by atoms with Crippen molar-refractivity contribution in [3.05, 3.63) is 112 Å². The molecule has 0 fully saturated rings. The lowest BCUT2D eigenvalue weighted by atomic mass is 10.0. The average molecular weight is 609 g/mol. The van der Waals surface area contributed by atoms with E-state index in [2.05, 4.69) is 25.7 Å². The normalized spacial score (nSPS) is 11.6. The molecule has 210 valence electrons. The van der Waals surface area contributed by atoms with Crippen LogP contribution < -0.4 is 10.6 Å². The van der Waals surface area contributed by atoms with Gasteiger partial charge < -0.3 is 15.6 Å². The van der Waals surface area contributed by atoms with Crippen molar-refractivity contribution >= 4 is 68.1 Å². The van der Waals surface area contributed by atoms with Gasteiger partial charge in [0.05, 0.1) is 21.3 Å². The smallest absolute Gasteiger partial charge is 0.361 e. The number of halogens is 5. The molecular formula is C29H17Cl2F3N6O2. The maximum atomic E-state index is 13.6. The van der Waals surface area contributed by atoms with Crippen molar-refractivity contribution in [3.8, 4) is 5.82 Å². The van der Waals surface area contributed by atoms with Gasteiger partial charge in [-0.15, -0.1) is 0 Å². The van der Waals surface area contributed by atoms with E-state index in [9.17, 15) is 22.8 Å². The third-order valence-electron chi connectivity index (χ3n) is 6.45. The van der Waals surface area contributed by atoms with Gasteiger partial charge in [-0.05, 0) is 47.9 Å². The maximum absolute atomic E-state index is 13.6. The van der Waals surface area contributed by atoms with Crippen LogP contribution in [0.4, 0.5) is 24.5 Å². The molecule has 0 spiro atoms. The van der Waals surface area contributed by atoms with Crippen LogP contribution in [0.25, 0.3) is 27.5 Å². The number of fused-ring (bicyclic) bond motifs is 2. The Morgan fingerprint density at radius 2 is 1.69 bits per heavy atom. The van der Waals surface area contributed by atoms with E-state index < -0.39 is 29.4 Å². The van der Waals surface area contributed by atoms with E-state index in [1.54, 1.807) is 48.7 Å². The second kappa shape index (κ2) is 10.5. The van der Waals surface area contributed by atoms with E-state index in [1.807, 2.05) is 6.07 Å². The number of rotatable bonds is 5. The van der Waals surface area contributed by atoms with Crippen LogP contribution in [0, 0.1) is 0 Å². The Hall–Kier alpha value is -4.87. The summed E-state index contributed by atoms with van der Waals surface area (Å²) < 4.78 is 41.6. The number of nitrogens with one attached hydrogen (secondary N) is 3. The van der Waals surface area contributed by atoms with Crippen molar-refractivity contribution in [1.82, 2.24) is 19.7 Å². The molecule has 13 heteroatoms. The molecule has 0 atom stereocenters. The highest BCUT2D eigenvalue weighted by Crippen LogP contribution is 2.36. The number of aromatic nitrogens is 4. The van der Waals surface area contributed by atoms with E-state index in [0.717, 1.165) is 10.9 Å². The number of anilines is 2. The van der Waals surface area contributed by atoms with Crippen LogP contribution in [0.15, 0.2) is 85.2 Å². The summed E-state index contributed by atoms with van der Waals surface area (Å²) in [7, 11) is 0. The van der Waals surface area contributed by atoms with Crippen molar-refractivity contribution in [2.24, 2.45) is 0 Å². The average Bonchev–Trinajstić information content (AvgIpc) is 3.62. The molecule has 3 aromatic carbocycles. The molecule has 0 saturated heterocycles. The zero-order chi connectivity index (χ0) is 29.6. The van der Waals surface area contributed by atoms with Crippen LogP contribution in [-0.2, 0) is 6.18 Å². The number of amides is 2. The number of pyridine rings is 1. The van der Waals surface area contributed by atoms with Crippen LogP contribution in [0.1, 0.15) is 26.5 Å². The molecule has 0 saturated carbocycles. The van der Waals surface area contributed by atoms with Crippen molar-refractivity contribution in [3.63, 3.8) is 0 Å². The molecule has 6 aromatic rings. The Balaban J connectivity index is 1.44. The molecule has 3 aromatic heterocycles. The van der Waals surface area contributed by atoms with Gasteiger partial charge in [0.15, 0.2) is 11.5 Å². The molecule has 0 aliphatic rings. The van der Waals surface area contributed by atoms with Gasteiger partial charge in [-0.1, -0.05) is 47.5 Å². The second-order valence-corrected chi connectivity index (χ2v) is 9.94. The van der Waals surface area contributed by atoms with Crippen molar-refractivity contribution in [1.29, 1.82) is 0 Å². The Bertz CT molecular complexity index is 2020. The highest BCUT2D eigenvalue weighted by atomic mass is 35.5. The zero-order valence-corrected chi connectivity index (χ0v) is 22.6.